The van der Waals surface area contributed by atoms with Gasteiger partial charge in [0.2, 0.25) is 10.0 Å². The fourth-order valence-corrected chi connectivity index (χ4v) is 5.51. The zero-order valence-corrected chi connectivity index (χ0v) is 18.8. The molecule has 1 amide bonds. The highest BCUT2D eigenvalue weighted by molar-refractivity contribution is 7.89. The number of aryl methyl sites for hydroxylation is 1. The van der Waals surface area contributed by atoms with Crippen LogP contribution in [0.4, 0.5) is 0 Å². The van der Waals surface area contributed by atoms with Crippen LogP contribution < -0.4 is 5.32 Å². The number of carbonyl (C=O) groups excluding carboxylic acids is 1. The number of nitrogens with zero attached hydrogens (tertiary/aromatic N) is 2. The van der Waals surface area contributed by atoms with Crippen molar-refractivity contribution in [2.45, 2.75) is 52.5 Å². The van der Waals surface area contributed by atoms with Crippen molar-refractivity contribution < 1.29 is 13.2 Å². The Morgan fingerprint density at radius 3 is 2.32 bits per heavy atom. The molecule has 0 aliphatic rings. The lowest BCUT2D eigenvalue weighted by Crippen LogP contribution is -2.30. The second kappa shape index (κ2) is 9.62. The molecule has 2 rings (SSSR count). The summed E-state index contributed by atoms with van der Waals surface area (Å²) in [5.74, 6) is 0.345. The summed E-state index contributed by atoms with van der Waals surface area (Å²) in [4.78, 5) is 17.9. The Morgan fingerprint density at radius 1 is 1.18 bits per heavy atom. The van der Waals surface area contributed by atoms with Crippen LogP contribution in [0, 0.1) is 12.8 Å². The summed E-state index contributed by atoms with van der Waals surface area (Å²) in [5.41, 5.74) is 1.59. The molecule has 0 atom stereocenters. The van der Waals surface area contributed by atoms with E-state index in [-0.39, 0.29) is 10.8 Å². The second-order valence-corrected chi connectivity index (χ2v) is 10.1. The van der Waals surface area contributed by atoms with Crippen molar-refractivity contribution in [3.63, 3.8) is 0 Å². The highest BCUT2D eigenvalue weighted by Gasteiger charge is 2.21. The fraction of sp³-hybridized carbons (Fsp3) is 0.500. The van der Waals surface area contributed by atoms with Gasteiger partial charge in [-0.25, -0.2) is 13.4 Å². The van der Waals surface area contributed by atoms with Gasteiger partial charge >= 0.3 is 0 Å². The minimum atomic E-state index is -3.47. The van der Waals surface area contributed by atoms with Gasteiger partial charge in [-0.15, -0.1) is 11.3 Å². The molecule has 0 aliphatic heterocycles. The number of carbonyl (C=O) groups is 1. The van der Waals surface area contributed by atoms with Gasteiger partial charge in [-0.05, 0) is 30.5 Å². The number of thiazole rings is 1. The monoisotopic (exact) mass is 423 g/mol. The lowest BCUT2D eigenvalue weighted by molar-refractivity contribution is 0.0954. The SMILES string of the molecule is CCN(CC)S(=O)(=O)c1ccc(CNC(=O)c2sc(CC(C)C)nc2C)cc1. The average Bonchev–Trinajstić information content (AvgIpc) is 3.00. The Labute approximate surface area is 172 Å². The Balaban J connectivity index is 2.04. The molecule has 0 bridgehead atoms. The molecule has 1 aromatic heterocycles. The van der Waals surface area contributed by atoms with Crippen molar-refractivity contribution in [2.24, 2.45) is 5.92 Å². The molecule has 0 radical (unpaired) electrons. The summed E-state index contributed by atoms with van der Waals surface area (Å²) < 4.78 is 26.5. The third-order valence-electron chi connectivity index (χ3n) is 4.35. The van der Waals surface area contributed by atoms with Gasteiger partial charge < -0.3 is 5.32 Å². The number of hydrogen-bond acceptors (Lipinski definition) is 5. The number of rotatable bonds is 9. The smallest absolute Gasteiger partial charge is 0.263 e. The van der Waals surface area contributed by atoms with Crippen LogP contribution >= 0.6 is 11.3 Å². The maximum Gasteiger partial charge on any atom is 0.263 e. The summed E-state index contributed by atoms with van der Waals surface area (Å²) in [5, 5.41) is 3.87. The van der Waals surface area contributed by atoms with Gasteiger partial charge in [0.05, 0.1) is 15.6 Å². The third-order valence-corrected chi connectivity index (χ3v) is 7.59. The van der Waals surface area contributed by atoms with Gasteiger partial charge in [-0.3, -0.25) is 4.79 Å². The maximum absolute atomic E-state index is 12.5. The number of benzene rings is 1. The topological polar surface area (TPSA) is 79.4 Å². The van der Waals surface area contributed by atoms with E-state index in [1.54, 1.807) is 24.3 Å². The van der Waals surface area contributed by atoms with E-state index in [2.05, 4.69) is 24.1 Å². The summed E-state index contributed by atoms with van der Waals surface area (Å²) in [6, 6.07) is 6.66. The number of sulfonamides is 1. The maximum atomic E-state index is 12.5. The number of aromatic nitrogens is 1. The number of hydrogen-bond donors (Lipinski definition) is 1. The highest BCUT2D eigenvalue weighted by Crippen LogP contribution is 2.21. The molecule has 0 fully saturated rings. The van der Waals surface area contributed by atoms with Crippen LogP contribution in [-0.4, -0.2) is 36.7 Å². The standard InChI is InChI=1S/C20H29N3O3S2/c1-6-23(7-2)28(25,26)17-10-8-16(9-11-17)13-21-20(24)19-15(5)22-18(27-19)12-14(3)4/h8-11,14H,6-7,12-13H2,1-5H3,(H,21,24). The van der Waals surface area contributed by atoms with E-state index < -0.39 is 10.0 Å². The first-order valence-corrected chi connectivity index (χ1v) is 11.8. The zero-order chi connectivity index (χ0) is 20.9. The molecule has 0 spiro atoms. The molecule has 8 heteroatoms. The van der Waals surface area contributed by atoms with E-state index in [0.29, 0.717) is 30.4 Å². The van der Waals surface area contributed by atoms with Crippen LogP contribution in [0.25, 0.3) is 0 Å². The van der Waals surface area contributed by atoms with Gasteiger partial charge in [0.25, 0.3) is 5.91 Å². The normalized spacial score (nSPS) is 12.0. The van der Waals surface area contributed by atoms with Crippen molar-refractivity contribution in [3.8, 4) is 0 Å². The van der Waals surface area contributed by atoms with Gasteiger partial charge in [-0.2, -0.15) is 4.31 Å². The van der Waals surface area contributed by atoms with Crippen molar-refractivity contribution in [3.05, 3.63) is 45.4 Å². The second-order valence-electron chi connectivity index (χ2n) is 7.04. The molecule has 1 aromatic carbocycles. The molecule has 1 heterocycles. The fourth-order valence-electron chi connectivity index (χ4n) is 2.85. The Morgan fingerprint density at radius 2 is 1.79 bits per heavy atom. The average molecular weight is 424 g/mol. The zero-order valence-electron chi connectivity index (χ0n) is 17.2. The van der Waals surface area contributed by atoms with E-state index in [9.17, 15) is 13.2 Å². The predicted octanol–water partition coefficient (Wildman–Crippen LogP) is 3.61. The first-order chi connectivity index (χ1) is 13.2. The minimum absolute atomic E-state index is 0.148. The Hall–Kier alpha value is -1.77. The van der Waals surface area contributed by atoms with Crippen LogP contribution in [0.1, 0.15) is 53.6 Å². The van der Waals surface area contributed by atoms with E-state index in [0.717, 1.165) is 22.7 Å². The van der Waals surface area contributed by atoms with Gasteiger partial charge in [0.15, 0.2) is 0 Å². The lowest BCUT2D eigenvalue weighted by Gasteiger charge is -2.18. The van der Waals surface area contributed by atoms with E-state index in [1.807, 2.05) is 20.8 Å². The first kappa shape index (κ1) is 22.5. The van der Waals surface area contributed by atoms with E-state index >= 15 is 0 Å². The Kier molecular flexibility index (Phi) is 7.74. The van der Waals surface area contributed by atoms with Crippen LogP contribution in [-0.2, 0) is 23.0 Å². The molecule has 0 saturated carbocycles. The summed E-state index contributed by atoms with van der Waals surface area (Å²) >= 11 is 1.44. The van der Waals surface area contributed by atoms with Crippen LogP contribution in [0.2, 0.25) is 0 Å². The van der Waals surface area contributed by atoms with Crippen LogP contribution in [0.3, 0.4) is 0 Å². The quantitative estimate of drug-likeness (QED) is 0.668. The summed E-state index contributed by atoms with van der Waals surface area (Å²) in [7, 11) is -3.47. The minimum Gasteiger partial charge on any atom is -0.347 e. The summed E-state index contributed by atoms with van der Waals surface area (Å²) in [6.07, 6.45) is 0.862. The van der Waals surface area contributed by atoms with Gasteiger partial charge in [0.1, 0.15) is 4.88 Å². The van der Waals surface area contributed by atoms with E-state index in [1.165, 1.54) is 15.6 Å². The third kappa shape index (κ3) is 5.40. The number of nitrogens with one attached hydrogen (secondary N) is 1. The van der Waals surface area contributed by atoms with Crippen LogP contribution in [0.5, 0.6) is 0 Å². The van der Waals surface area contributed by atoms with Crippen molar-refractivity contribution in [2.75, 3.05) is 13.1 Å². The predicted molar refractivity (Wildman–Crippen MR) is 113 cm³/mol. The van der Waals surface area contributed by atoms with Gasteiger partial charge in [0, 0.05) is 26.1 Å². The molecule has 2 aromatic rings. The molecule has 1 N–H and O–H groups in total. The molecule has 0 unspecified atom stereocenters. The largest absolute Gasteiger partial charge is 0.347 e. The van der Waals surface area contributed by atoms with Crippen molar-refractivity contribution in [1.29, 1.82) is 0 Å². The number of amides is 1. The van der Waals surface area contributed by atoms with Gasteiger partial charge in [-0.1, -0.05) is 39.8 Å². The molecular weight excluding hydrogens is 394 g/mol. The van der Waals surface area contributed by atoms with E-state index in [4.69, 9.17) is 0 Å². The Bertz CT molecular complexity index is 899. The van der Waals surface area contributed by atoms with Crippen molar-refractivity contribution >= 4 is 27.3 Å². The first-order valence-electron chi connectivity index (χ1n) is 9.52. The molecule has 6 nitrogen and oxygen atoms in total. The molecule has 28 heavy (non-hydrogen) atoms. The lowest BCUT2D eigenvalue weighted by atomic mass is 10.1. The summed E-state index contributed by atoms with van der Waals surface area (Å²) in [6.45, 7) is 10.9. The molecular formula is C20H29N3O3S2. The highest BCUT2D eigenvalue weighted by atomic mass is 32.2. The molecule has 0 aliphatic carbocycles. The molecule has 154 valence electrons. The van der Waals surface area contributed by atoms with Crippen LogP contribution in [0.15, 0.2) is 29.2 Å². The molecule has 0 saturated heterocycles. The van der Waals surface area contributed by atoms with Crippen molar-refractivity contribution in [1.82, 2.24) is 14.6 Å².